The average Bonchev–Trinajstić information content (AvgIpc) is 2.01. The summed E-state index contributed by atoms with van der Waals surface area (Å²) in [5.74, 6) is -0.630. The lowest BCUT2D eigenvalue weighted by Gasteiger charge is -2.09. The maximum Gasteiger partial charge on any atom is 0.221 e. The van der Waals surface area contributed by atoms with Gasteiger partial charge >= 0.3 is 0 Å². The lowest BCUT2D eigenvalue weighted by Crippen LogP contribution is -2.09. The molecule has 0 spiro atoms. The number of anilines is 1. The number of nitrogens with one attached hydrogen (secondary N) is 1. The summed E-state index contributed by atoms with van der Waals surface area (Å²) in [7, 11) is 0. The van der Waals surface area contributed by atoms with Crippen molar-refractivity contribution in [2.75, 3.05) is 5.32 Å². The van der Waals surface area contributed by atoms with E-state index >= 15 is 0 Å². The van der Waals surface area contributed by atoms with E-state index in [-0.39, 0.29) is 11.9 Å². The molecule has 0 aliphatic carbocycles. The van der Waals surface area contributed by atoms with Crippen LogP contribution in [0.5, 0.6) is 0 Å². The first kappa shape index (κ1) is 10.7. The third-order valence-corrected chi connectivity index (χ3v) is 1.77. The van der Waals surface area contributed by atoms with Crippen LogP contribution in [0.25, 0.3) is 0 Å². The van der Waals surface area contributed by atoms with Crippen molar-refractivity contribution in [2.45, 2.75) is 19.9 Å². The van der Waals surface area contributed by atoms with Crippen LogP contribution in [-0.2, 0) is 4.79 Å². The molecule has 3 N–H and O–H groups in total. The zero-order valence-electron chi connectivity index (χ0n) is 8.17. The first-order chi connectivity index (χ1) is 6.49. The number of rotatable bonds is 2. The number of benzene rings is 1. The van der Waals surface area contributed by atoms with Crippen LogP contribution in [0.3, 0.4) is 0 Å². The van der Waals surface area contributed by atoms with Gasteiger partial charge in [-0.25, -0.2) is 4.39 Å². The molecule has 0 aromatic heterocycles. The highest BCUT2D eigenvalue weighted by atomic mass is 19.1. The van der Waals surface area contributed by atoms with Gasteiger partial charge in [0.15, 0.2) is 0 Å². The van der Waals surface area contributed by atoms with Crippen molar-refractivity contribution in [1.82, 2.24) is 0 Å². The fraction of sp³-hybridized carbons (Fsp3) is 0.300. The van der Waals surface area contributed by atoms with E-state index in [1.54, 1.807) is 13.0 Å². The molecule has 0 aliphatic heterocycles. The maximum absolute atomic E-state index is 13.0. The van der Waals surface area contributed by atoms with Gasteiger partial charge in [0.05, 0.1) is 0 Å². The second kappa shape index (κ2) is 4.19. The lowest BCUT2D eigenvalue weighted by atomic mass is 10.1. The fourth-order valence-electron chi connectivity index (χ4n) is 1.15. The Morgan fingerprint density at radius 2 is 2.14 bits per heavy atom. The van der Waals surface area contributed by atoms with Crippen LogP contribution in [0.2, 0.25) is 0 Å². The molecule has 0 saturated heterocycles. The Kier molecular flexibility index (Phi) is 3.19. The SMILES string of the molecule is CC(=O)Nc1cc(F)cc([C@@H](C)N)c1. The predicted molar refractivity (Wildman–Crippen MR) is 53.3 cm³/mol. The second-order valence-corrected chi connectivity index (χ2v) is 3.24. The van der Waals surface area contributed by atoms with Gasteiger partial charge in [0.25, 0.3) is 0 Å². The van der Waals surface area contributed by atoms with Crippen LogP contribution in [0.1, 0.15) is 25.5 Å². The summed E-state index contributed by atoms with van der Waals surface area (Å²) in [6.45, 7) is 3.13. The zero-order chi connectivity index (χ0) is 10.7. The summed E-state index contributed by atoms with van der Waals surface area (Å²) in [5.41, 5.74) is 6.70. The van der Waals surface area contributed by atoms with Crippen molar-refractivity contribution in [1.29, 1.82) is 0 Å². The van der Waals surface area contributed by atoms with Gasteiger partial charge in [-0.15, -0.1) is 0 Å². The van der Waals surface area contributed by atoms with E-state index in [4.69, 9.17) is 5.73 Å². The van der Waals surface area contributed by atoms with Crippen molar-refractivity contribution in [3.8, 4) is 0 Å². The summed E-state index contributed by atoms with van der Waals surface area (Å²) in [6, 6.07) is 4.02. The van der Waals surface area contributed by atoms with Gasteiger partial charge in [-0.2, -0.15) is 0 Å². The average molecular weight is 196 g/mol. The molecular weight excluding hydrogens is 183 g/mol. The lowest BCUT2D eigenvalue weighted by molar-refractivity contribution is -0.114. The molecule has 1 atom stereocenters. The molecule has 0 fully saturated rings. The molecule has 3 nitrogen and oxygen atoms in total. The van der Waals surface area contributed by atoms with Gasteiger partial charge in [0.1, 0.15) is 5.82 Å². The van der Waals surface area contributed by atoms with Gasteiger partial charge in [-0.3, -0.25) is 4.79 Å². The number of halogens is 1. The van der Waals surface area contributed by atoms with E-state index in [1.165, 1.54) is 19.1 Å². The third kappa shape index (κ3) is 2.81. The van der Waals surface area contributed by atoms with Crippen LogP contribution in [-0.4, -0.2) is 5.91 Å². The number of carbonyl (C=O) groups excluding carboxylic acids is 1. The standard InChI is InChI=1S/C10H13FN2O/c1-6(12)8-3-9(11)5-10(4-8)13-7(2)14/h3-6H,12H2,1-2H3,(H,13,14)/t6-/m1/s1. The summed E-state index contributed by atoms with van der Waals surface area (Å²) in [5, 5.41) is 2.51. The van der Waals surface area contributed by atoms with Crippen molar-refractivity contribution < 1.29 is 9.18 Å². The number of hydrogen-bond acceptors (Lipinski definition) is 2. The van der Waals surface area contributed by atoms with E-state index in [9.17, 15) is 9.18 Å². The number of carbonyl (C=O) groups is 1. The number of amides is 1. The van der Waals surface area contributed by atoms with Gasteiger partial charge in [0.2, 0.25) is 5.91 Å². The Bertz CT molecular complexity index is 350. The summed E-state index contributed by atoms with van der Waals surface area (Å²) in [6.07, 6.45) is 0. The number of hydrogen-bond donors (Lipinski definition) is 2. The largest absolute Gasteiger partial charge is 0.326 e. The Balaban J connectivity index is 3.01. The summed E-state index contributed by atoms with van der Waals surface area (Å²) in [4.78, 5) is 10.7. The molecule has 0 bridgehead atoms. The molecule has 4 heteroatoms. The van der Waals surface area contributed by atoms with Crippen LogP contribution >= 0.6 is 0 Å². The highest BCUT2D eigenvalue weighted by Crippen LogP contribution is 2.18. The Hall–Kier alpha value is -1.42. The van der Waals surface area contributed by atoms with Crippen molar-refractivity contribution in [2.24, 2.45) is 5.73 Å². The van der Waals surface area contributed by atoms with E-state index in [0.717, 1.165) is 0 Å². The van der Waals surface area contributed by atoms with E-state index in [1.807, 2.05) is 0 Å². The molecule has 0 heterocycles. The Morgan fingerprint density at radius 3 is 2.64 bits per heavy atom. The van der Waals surface area contributed by atoms with Gasteiger partial charge < -0.3 is 11.1 Å². The van der Waals surface area contributed by atoms with Gasteiger partial charge in [-0.1, -0.05) is 0 Å². The number of nitrogens with two attached hydrogens (primary N) is 1. The predicted octanol–water partition coefficient (Wildman–Crippen LogP) is 1.80. The molecule has 14 heavy (non-hydrogen) atoms. The molecule has 1 aromatic carbocycles. The minimum absolute atomic E-state index is 0.230. The highest BCUT2D eigenvalue weighted by Gasteiger charge is 2.05. The van der Waals surface area contributed by atoms with Gasteiger partial charge in [0, 0.05) is 18.7 Å². The molecule has 1 amide bonds. The van der Waals surface area contributed by atoms with Crippen molar-refractivity contribution in [3.05, 3.63) is 29.6 Å². The molecule has 0 aliphatic rings. The van der Waals surface area contributed by atoms with E-state index in [2.05, 4.69) is 5.32 Å². The molecule has 0 radical (unpaired) electrons. The monoisotopic (exact) mass is 196 g/mol. The third-order valence-electron chi connectivity index (χ3n) is 1.77. The first-order valence-electron chi connectivity index (χ1n) is 4.32. The normalized spacial score (nSPS) is 12.3. The minimum Gasteiger partial charge on any atom is -0.326 e. The van der Waals surface area contributed by atoms with Gasteiger partial charge in [-0.05, 0) is 30.7 Å². The first-order valence-corrected chi connectivity index (χ1v) is 4.32. The van der Waals surface area contributed by atoms with Crippen LogP contribution < -0.4 is 11.1 Å². The topological polar surface area (TPSA) is 55.1 Å². The maximum atomic E-state index is 13.0. The quantitative estimate of drug-likeness (QED) is 0.757. The van der Waals surface area contributed by atoms with Crippen LogP contribution in [0.15, 0.2) is 18.2 Å². The molecule has 0 saturated carbocycles. The molecule has 1 aromatic rings. The van der Waals surface area contributed by atoms with Crippen molar-refractivity contribution in [3.63, 3.8) is 0 Å². The second-order valence-electron chi connectivity index (χ2n) is 3.24. The molecule has 76 valence electrons. The van der Waals surface area contributed by atoms with E-state index < -0.39 is 5.82 Å². The highest BCUT2D eigenvalue weighted by molar-refractivity contribution is 5.88. The Labute approximate surface area is 82.1 Å². The molecule has 1 rings (SSSR count). The summed E-state index contributed by atoms with van der Waals surface area (Å²) < 4.78 is 13.0. The Morgan fingerprint density at radius 1 is 1.50 bits per heavy atom. The molecular formula is C10H13FN2O. The minimum atomic E-state index is -0.399. The van der Waals surface area contributed by atoms with E-state index in [0.29, 0.717) is 11.3 Å². The fourth-order valence-corrected chi connectivity index (χ4v) is 1.15. The van der Waals surface area contributed by atoms with Crippen LogP contribution in [0.4, 0.5) is 10.1 Å². The molecule has 0 unspecified atom stereocenters. The van der Waals surface area contributed by atoms with Crippen LogP contribution in [0, 0.1) is 5.82 Å². The summed E-state index contributed by atoms with van der Waals surface area (Å²) >= 11 is 0. The van der Waals surface area contributed by atoms with Crippen molar-refractivity contribution >= 4 is 11.6 Å². The zero-order valence-corrected chi connectivity index (χ0v) is 8.17. The smallest absolute Gasteiger partial charge is 0.221 e.